The molecular weight excluding hydrogens is 326 g/mol. The molecule has 1 aliphatic rings. The van der Waals surface area contributed by atoms with Crippen LogP contribution >= 0.6 is 0 Å². The Morgan fingerprint density at radius 2 is 2.19 bits per heavy atom. The molecule has 0 aliphatic heterocycles. The number of carbonyl (C=O) groups excluding carboxylic acids is 1. The highest BCUT2D eigenvalue weighted by Crippen LogP contribution is 2.49. The van der Waals surface area contributed by atoms with Crippen LogP contribution in [0.5, 0.6) is 0 Å². The van der Waals surface area contributed by atoms with Crippen molar-refractivity contribution in [2.45, 2.75) is 32.2 Å². The molecule has 1 N–H and O–H groups in total. The maximum absolute atomic E-state index is 12.6. The van der Waals surface area contributed by atoms with Gasteiger partial charge in [0.2, 0.25) is 0 Å². The maximum atomic E-state index is 12.6. The summed E-state index contributed by atoms with van der Waals surface area (Å²) in [6.07, 6.45) is 5.73. The zero-order chi connectivity index (χ0) is 18.1. The molecule has 0 saturated heterocycles. The van der Waals surface area contributed by atoms with Crippen LogP contribution in [-0.4, -0.2) is 31.7 Å². The third-order valence-corrected chi connectivity index (χ3v) is 4.97. The number of aryl methyl sites for hydroxylation is 1. The standard InChI is InChI=1S/C20H21N5O/c1-13-4-3-5-15(8-13)18-10-17(18)14(2)24-20(26)16-6-7-22-19(9-16)25-12-21-11-23-25/h3-9,11-12,14,17-18H,10H2,1-2H3,(H,24,26)/t14-,17+,18+/m1/s1. The molecule has 0 spiro atoms. The molecule has 1 amide bonds. The van der Waals surface area contributed by atoms with Crippen LogP contribution in [0.25, 0.3) is 5.82 Å². The fourth-order valence-corrected chi connectivity index (χ4v) is 3.46. The topological polar surface area (TPSA) is 72.7 Å². The average molecular weight is 347 g/mol. The third kappa shape index (κ3) is 3.35. The van der Waals surface area contributed by atoms with Gasteiger partial charge in [0.05, 0.1) is 0 Å². The number of hydrogen-bond donors (Lipinski definition) is 1. The van der Waals surface area contributed by atoms with Gasteiger partial charge in [-0.15, -0.1) is 0 Å². The SMILES string of the molecule is Cc1cccc([C@@H]2C[C@H]2[C@@H](C)NC(=O)c2ccnc(-n3cncn3)c2)c1. The van der Waals surface area contributed by atoms with Crippen molar-refractivity contribution in [1.29, 1.82) is 0 Å². The smallest absolute Gasteiger partial charge is 0.251 e. The molecule has 3 aromatic rings. The van der Waals surface area contributed by atoms with Crippen molar-refractivity contribution in [3.8, 4) is 5.82 Å². The van der Waals surface area contributed by atoms with Crippen LogP contribution in [-0.2, 0) is 0 Å². The Balaban J connectivity index is 1.42. The summed E-state index contributed by atoms with van der Waals surface area (Å²) in [7, 11) is 0. The molecule has 0 radical (unpaired) electrons. The predicted molar refractivity (Wildman–Crippen MR) is 98.1 cm³/mol. The van der Waals surface area contributed by atoms with Crippen molar-refractivity contribution in [2.24, 2.45) is 5.92 Å². The highest BCUT2D eigenvalue weighted by Gasteiger charge is 2.42. The van der Waals surface area contributed by atoms with Crippen molar-refractivity contribution >= 4 is 5.91 Å². The van der Waals surface area contributed by atoms with Crippen LogP contribution in [0.3, 0.4) is 0 Å². The van der Waals surface area contributed by atoms with Crippen LogP contribution in [0.2, 0.25) is 0 Å². The van der Waals surface area contributed by atoms with Crippen LogP contribution in [0.15, 0.2) is 55.2 Å². The van der Waals surface area contributed by atoms with E-state index in [4.69, 9.17) is 0 Å². The summed E-state index contributed by atoms with van der Waals surface area (Å²) in [5, 5.41) is 7.18. The summed E-state index contributed by atoms with van der Waals surface area (Å²) in [4.78, 5) is 20.8. The predicted octanol–water partition coefficient (Wildman–Crippen LogP) is 2.89. The van der Waals surface area contributed by atoms with Gasteiger partial charge in [0.25, 0.3) is 5.91 Å². The largest absolute Gasteiger partial charge is 0.349 e. The van der Waals surface area contributed by atoms with E-state index >= 15 is 0 Å². The minimum Gasteiger partial charge on any atom is -0.349 e. The number of pyridine rings is 1. The lowest BCUT2D eigenvalue weighted by molar-refractivity contribution is 0.0935. The molecule has 1 aliphatic carbocycles. The quantitative estimate of drug-likeness (QED) is 0.770. The molecule has 4 rings (SSSR count). The minimum absolute atomic E-state index is 0.0869. The highest BCUT2D eigenvalue weighted by atomic mass is 16.1. The maximum Gasteiger partial charge on any atom is 0.251 e. The minimum atomic E-state index is -0.0869. The summed E-state index contributed by atoms with van der Waals surface area (Å²) < 4.78 is 1.54. The van der Waals surface area contributed by atoms with Gasteiger partial charge in [-0.25, -0.2) is 14.6 Å². The molecule has 0 bridgehead atoms. The summed E-state index contributed by atoms with van der Waals surface area (Å²) >= 11 is 0. The van der Waals surface area contributed by atoms with Gasteiger partial charge in [-0.2, -0.15) is 5.10 Å². The summed E-state index contributed by atoms with van der Waals surface area (Å²) in [6.45, 7) is 4.19. The number of nitrogens with one attached hydrogen (secondary N) is 1. The number of carbonyl (C=O) groups is 1. The van der Waals surface area contributed by atoms with Crippen molar-refractivity contribution in [3.05, 3.63) is 71.9 Å². The number of aromatic nitrogens is 4. The van der Waals surface area contributed by atoms with Crippen molar-refractivity contribution in [3.63, 3.8) is 0 Å². The Morgan fingerprint density at radius 1 is 1.31 bits per heavy atom. The van der Waals surface area contributed by atoms with E-state index in [1.54, 1.807) is 24.7 Å². The second kappa shape index (κ2) is 6.71. The Morgan fingerprint density at radius 3 is 2.96 bits per heavy atom. The summed E-state index contributed by atoms with van der Waals surface area (Å²) in [5.74, 6) is 1.51. The molecule has 132 valence electrons. The fourth-order valence-electron chi connectivity index (χ4n) is 3.46. The number of rotatable bonds is 5. The second-order valence-corrected chi connectivity index (χ2v) is 6.93. The first-order valence-corrected chi connectivity index (χ1v) is 8.80. The average Bonchev–Trinajstić information content (AvgIpc) is 3.27. The van der Waals surface area contributed by atoms with Gasteiger partial charge in [0.15, 0.2) is 5.82 Å². The van der Waals surface area contributed by atoms with Crippen LogP contribution < -0.4 is 5.32 Å². The number of nitrogens with zero attached hydrogens (tertiary/aromatic N) is 4. The van der Waals surface area contributed by atoms with E-state index in [-0.39, 0.29) is 11.9 Å². The van der Waals surface area contributed by atoms with Gasteiger partial charge in [-0.1, -0.05) is 29.8 Å². The highest BCUT2D eigenvalue weighted by molar-refractivity contribution is 5.94. The molecule has 3 atom stereocenters. The monoisotopic (exact) mass is 347 g/mol. The Labute approximate surface area is 152 Å². The number of amides is 1. The van der Waals surface area contributed by atoms with E-state index < -0.39 is 0 Å². The number of benzene rings is 1. The van der Waals surface area contributed by atoms with Gasteiger partial charge < -0.3 is 5.32 Å². The summed E-state index contributed by atoms with van der Waals surface area (Å²) in [6, 6.07) is 12.2. The molecule has 2 aromatic heterocycles. The fraction of sp³-hybridized carbons (Fsp3) is 0.300. The molecule has 2 heterocycles. The second-order valence-electron chi connectivity index (χ2n) is 6.93. The molecule has 6 nitrogen and oxygen atoms in total. The van der Waals surface area contributed by atoms with Crippen LogP contribution in [0, 0.1) is 12.8 Å². The lowest BCUT2D eigenvalue weighted by atomic mass is 10.0. The van der Waals surface area contributed by atoms with E-state index in [0.717, 1.165) is 6.42 Å². The third-order valence-electron chi connectivity index (χ3n) is 4.97. The van der Waals surface area contributed by atoms with E-state index in [1.807, 2.05) is 0 Å². The van der Waals surface area contributed by atoms with E-state index in [2.05, 4.69) is 58.5 Å². The zero-order valence-corrected chi connectivity index (χ0v) is 14.8. The Kier molecular flexibility index (Phi) is 4.24. The molecule has 1 fully saturated rings. The zero-order valence-electron chi connectivity index (χ0n) is 14.8. The van der Waals surface area contributed by atoms with Crippen LogP contribution in [0.4, 0.5) is 0 Å². The number of hydrogen-bond acceptors (Lipinski definition) is 4. The van der Waals surface area contributed by atoms with Crippen molar-refractivity contribution < 1.29 is 4.79 Å². The molecule has 26 heavy (non-hydrogen) atoms. The molecule has 1 saturated carbocycles. The van der Waals surface area contributed by atoms with Gasteiger partial charge in [-0.05, 0) is 49.8 Å². The van der Waals surface area contributed by atoms with E-state index in [9.17, 15) is 4.79 Å². The van der Waals surface area contributed by atoms with Crippen LogP contribution in [0.1, 0.15) is 40.7 Å². The molecular formula is C20H21N5O. The van der Waals surface area contributed by atoms with E-state index in [1.165, 1.54) is 22.1 Å². The first-order chi connectivity index (χ1) is 12.6. The summed E-state index contributed by atoms with van der Waals surface area (Å²) in [5.41, 5.74) is 3.22. The molecule has 0 unspecified atom stereocenters. The lowest BCUT2D eigenvalue weighted by Gasteiger charge is -2.14. The lowest BCUT2D eigenvalue weighted by Crippen LogP contribution is -2.34. The van der Waals surface area contributed by atoms with Gasteiger partial charge in [0.1, 0.15) is 12.7 Å². The first kappa shape index (κ1) is 16.4. The molecule has 1 aromatic carbocycles. The van der Waals surface area contributed by atoms with Gasteiger partial charge in [0, 0.05) is 17.8 Å². The van der Waals surface area contributed by atoms with E-state index in [0.29, 0.717) is 23.2 Å². The first-order valence-electron chi connectivity index (χ1n) is 8.80. The van der Waals surface area contributed by atoms with Crippen molar-refractivity contribution in [1.82, 2.24) is 25.1 Å². The Hall–Kier alpha value is -3.02. The van der Waals surface area contributed by atoms with Gasteiger partial charge >= 0.3 is 0 Å². The van der Waals surface area contributed by atoms with Crippen molar-refractivity contribution in [2.75, 3.05) is 0 Å². The Bertz CT molecular complexity index is 921. The van der Waals surface area contributed by atoms with Gasteiger partial charge in [-0.3, -0.25) is 4.79 Å². The molecule has 6 heteroatoms. The normalized spacial score (nSPS) is 19.8.